The van der Waals surface area contributed by atoms with Crippen LogP contribution >= 0.6 is 0 Å². The summed E-state index contributed by atoms with van der Waals surface area (Å²) in [5, 5.41) is 3.39. The normalized spacial score (nSPS) is 17.9. The Morgan fingerprint density at radius 1 is 1.47 bits per heavy atom. The largest absolute Gasteiger partial charge is 0.399 e. The Morgan fingerprint density at radius 3 is 3.00 bits per heavy atom. The number of nitrogen functional groups attached to an aromatic ring is 1. The summed E-state index contributed by atoms with van der Waals surface area (Å²) in [5.74, 6) is 0.843. The van der Waals surface area contributed by atoms with Crippen molar-refractivity contribution in [1.82, 2.24) is 9.97 Å². The minimum atomic E-state index is 0.249. The Morgan fingerprint density at radius 2 is 2.27 bits per heavy atom. The molecule has 1 fully saturated rings. The van der Waals surface area contributed by atoms with Gasteiger partial charge < -0.3 is 16.0 Å². The maximum Gasteiger partial charge on any atom is 0.201 e. The number of H-pyrrole nitrogens is 1. The molecule has 0 amide bonds. The van der Waals surface area contributed by atoms with Crippen LogP contribution in [0.2, 0.25) is 0 Å². The molecule has 1 aromatic carbocycles. The van der Waals surface area contributed by atoms with E-state index in [1.54, 1.807) is 0 Å². The van der Waals surface area contributed by atoms with E-state index in [1.807, 2.05) is 18.2 Å². The number of hydrogen-bond acceptors (Lipinski definition) is 3. The van der Waals surface area contributed by atoms with Crippen molar-refractivity contribution in [3.63, 3.8) is 0 Å². The molecule has 2 aromatic rings. The van der Waals surface area contributed by atoms with Crippen LogP contribution in [0.25, 0.3) is 11.0 Å². The molecular formula is C11H14N4. The Labute approximate surface area is 87.9 Å². The van der Waals surface area contributed by atoms with Gasteiger partial charge in [-0.1, -0.05) is 0 Å². The number of nitrogens with one attached hydrogen (secondary N) is 2. The van der Waals surface area contributed by atoms with E-state index in [1.165, 1.54) is 12.8 Å². The second-order valence-electron chi connectivity index (χ2n) is 4.55. The van der Waals surface area contributed by atoms with Crippen LogP contribution in [-0.2, 0) is 0 Å². The van der Waals surface area contributed by atoms with Gasteiger partial charge in [0.05, 0.1) is 11.0 Å². The predicted molar refractivity (Wildman–Crippen MR) is 61.8 cm³/mol. The van der Waals surface area contributed by atoms with E-state index >= 15 is 0 Å². The number of aromatic amines is 1. The van der Waals surface area contributed by atoms with Crippen molar-refractivity contribution in [2.75, 3.05) is 11.1 Å². The van der Waals surface area contributed by atoms with Crippen molar-refractivity contribution >= 4 is 22.7 Å². The van der Waals surface area contributed by atoms with Crippen LogP contribution in [0.1, 0.15) is 19.8 Å². The first-order valence-corrected chi connectivity index (χ1v) is 5.18. The molecule has 1 heterocycles. The third-order valence-electron chi connectivity index (χ3n) is 2.93. The Balaban J connectivity index is 1.99. The smallest absolute Gasteiger partial charge is 0.201 e. The van der Waals surface area contributed by atoms with Crippen molar-refractivity contribution in [2.45, 2.75) is 25.3 Å². The van der Waals surface area contributed by atoms with Gasteiger partial charge in [-0.3, -0.25) is 0 Å². The van der Waals surface area contributed by atoms with Gasteiger partial charge in [0.1, 0.15) is 0 Å². The Hall–Kier alpha value is -1.71. The lowest BCUT2D eigenvalue weighted by Gasteiger charge is -2.08. The molecule has 0 spiro atoms. The summed E-state index contributed by atoms with van der Waals surface area (Å²) < 4.78 is 0. The van der Waals surface area contributed by atoms with Crippen LogP contribution < -0.4 is 11.1 Å². The zero-order valence-corrected chi connectivity index (χ0v) is 8.67. The second kappa shape index (κ2) is 2.66. The molecule has 4 nitrogen and oxygen atoms in total. The highest BCUT2D eigenvalue weighted by Crippen LogP contribution is 2.37. The monoisotopic (exact) mass is 202 g/mol. The second-order valence-corrected chi connectivity index (χ2v) is 4.55. The molecule has 4 N–H and O–H groups in total. The van der Waals surface area contributed by atoms with Crippen LogP contribution in [0, 0.1) is 0 Å². The quantitative estimate of drug-likeness (QED) is 0.653. The Kier molecular flexibility index (Phi) is 1.52. The van der Waals surface area contributed by atoms with Crippen molar-refractivity contribution in [3.05, 3.63) is 18.2 Å². The number of aromatic nitrogens is 2. The lowest BCUT2D eigenvalue weighted by Crippen LogP contribution is -2.16. The minimum Gasteiger partial charge on any atom is -0.399 e. The fraction of sp³-hybridized carbons (Fsp3) is 0.364. The van der Waals surface area contributed by atoms with Crippen LogP contribution in [0.5, 0.6) is 0 Å². The molecule has 4 heteroatoms. The molecule has 0 unspecified atom stereocenters. The van der Waals surface area contributed by atoms with Crippen molar-refractivity contribution < 1.29 is 0 Å². The van der Waals surface area contributed by atoms with Gasteiger partial charge in [0, 0.05) is 11.2 Å². The molecular weight excluding hydrogens is 188 g/mol. The number of fused-ring (bicyclic) bond motifs is 1. The Bertz CT molecular complexity index is 510. The number of nitrogens with two attached hydrogens (primary N) is 1. The van der Waals surface area contributed by atoms with Gasteiger partial charge >= 0.3 is 0 Å². The summed E-state index contributed by atoms with van der Waals surface area (Å²) in [6.07, 6.45) is 2.43. The predicted octanol–water partition coefficient (Wildman–Crippen LogP) is 2.11. The topological polar surface area (TPSA) is 66.7 Å². The van der Waals surface area contributed by atoms with Gasteiger partial charge in [0.25, 0.3) is 0 Å². The molecule has 1 aliphatic carbocycles. The number of benzene rings is 1. The third-order valence-corrected chi connectivity index (χ3v) is 2.93. The molecule has 15 heavy (non-hydrogen) atoms. The number of imidazole rings is 1. The summed E-state index contributed by atoms with van der Waals surface area (Å²) in [4.78, 5) is 7.69. The highest BCUT2D eigenvalue weighted by molar-refractivity contribution is 5.80. The maximum atomic E-state index is 5.70. The molecule has 1 aliphatic rings. The SMILES string of the molecule is CC1(Nc2nc3ccc(N)cc3[nH]2)CC1. The zero-order chi connectivity index (χ0) is 10.5. The lowest BCUT2D eigenvalue weighted by molar-refractivity contribution is 0.816. The first kappa shape index (κ1) is 8.59. The van der Waals surface area contributed by atoms with E-state index in [0.29, 0.717) is 0 Å². The van der Waals surface area contributed by atoms with Gasteiger partial charge in [0.2, 0.25) is 5.95 Å². The molecule has 1 saturated carbocycles. The van der Waals surface area contributed by atoms with E-state index in [4.69, 9.17) is 5.73 Å². The van der Waals surface area contributed by atoms with Crippen LogP contribution in [0.15, 0.2) is 18.2 Å². The average molecular weight is 202 g/mol. The van der Waals surface area contributed by atoms with Gasteiger partial charge in [-0.25, -0.2) is 4.98 Å². The molecule has 78 valence electrons. The van der Waals surface area contributed by atoms with E-state index in [0.717, 1.165) is 22.7 Å². The van der Waals surface area contributed by atoms with Gasteiger partial charge in [0.15, 0.2) is 0 Å². The van der Waals surface area contributed by atoms with Crippen molar-refractivity contribution in [2.24, 2.45) is 0 Å². The van der Waals surface area contributed by atoms with E-state index in [2.05, 4.69) is 22.2 Å². The number of nitrogens with zero attached hydrogens (tertiary/aromatic N) is 1. The molecule has 0 bridgehead atoms. The lowest BCUT2D eigenvalue weighted by atomic mass is 10.3. The first-order chi connectivity index (χ1) is 7.15. The van der Waals surface area contributed by atoms with Crippen molar-refractivity contribution in [1.29, 1.82) is 0 Å². The van der Waals surface area contributed by atoms with Crippen molar-refractivity contribution in [3.8, 4) is 0 Å². The minimum absolute atomic E-state index is 0.249. The van der Waals surface area contributed by atoms with Gasteiger partial charge in [-0.15, -0.1) is 0 Å². The summed E-state index contributed by atoms with van der Waals surface area (Å²) in [7, 11) is 0. The molecule has 0 saturated heterocycles. The van der Waals surface area contributed by atoms with Crippen LogP contribution in [0.3, 0.4) is 0 Å². The molecule has 0 atom stereocenters. The molecule has 3 rings (SSSR count). The van der Waals surface area contributed by atoms with E-state index in [-0.39, 0.29) is 5.54 Å². The highest BCUT2D eigenvalue weighted by atomic mass is 15.2. The van der Waals surface area contributed by atoms with E-state index < -0.39 is 0 Å². The molecule has 0 aliphatic heterocycles. The fourth-order valence-electron chi connectivity index (χ4n) is 1.68. The molecule has 0 radical (unpaired) electrons. The average Bonchev–Trinajstić information content (AvgIpc) is 2.76. The fourth-order valence-corrected chi connectivity index (χ4v) is 1.68. The number of anilines is 2. The highest BCUT2D eigenvalue weighted by Gasteiger charge is 2.37. The third kappa shape index (κ3) is 1.52. The number of hydrogen-bond donors (Lipinski definition) is 3. The van der Waals surface area contributed by atoms with E-state index in [9.17, 15) is 0 Å². The maximum absolute atomic E-state index is 5.70. The summed E-state index contributed by atoms with van der Waals surface area (Å²) in [6, 6.07) is 5.70. The first-order valence-electron chi connectivity index (χ1n) is 5.18. The summed E-state index contributed by atoms with van der Waals surface area (Å²) >= 11 is 0. The summed E-state index contributed by atoms with van der Waals surface area (Å²) in [6.45, 7) is 2.20. The van der Waals surface area contributed by atoms with Gasteiger partial charge in [-0.05, 0) is 38.0 Å². The van der Waals surface area contributed by atoms with Crippen LogP contribution in [0.4, 0.5) is 11.6 Å². The zero-order valence-electron chi connectivity index (χ0n) is 8.67. The summed E-state index contributed by atoms with van der Waals surface area (Å²) in [5.41, 5.74) is 8.66. The standard InChI is InChI=1S/C11H14N4/c1-11(4-5-11)15-10-13-8-3-2-7(12)6-9(8)14-10/h2-3,6H,4-5,12H2,1H3,(H2,13,14,15). The molecule has 1 aromatic heterocycles. The number of rotatable bonds is 2. The van der Waals surface area contributed by atoms with Crippen LogP contribution in [-0.4, -0.2) is 15.5 Å². The van der Waals surface area contributed by atoms with Gasteiger partial charge in [-0.2, -0.15) is 0 Å².